The molecule has 29 heavy (non-hydrogen) atoms. The maximum Gasteiger partial charge on any atom is 0.408 e. The zero-order chi connectivity index (χ0) is 20.8. The van der Waals surface area contributed by atoms with Crippen LogP contribution in [-0.4, -0.2) is 44.3 Å². The number of nitrogens with zero attached hydrogens (tertiary/aromatic N) is 4. The number of aromatic nitrogens is 3. The molecule has 1 aliphatic rings. The third-order valence-electron chi connectivity index (χ3n) is 4.84. The van der Waals surface area contributed by atoms with Crippen LogP contribution in [0.25, 0.3) is 22.4 Å². The number of fused-ring (bicyclic) bond motifs is 1. The Morgan fingerprint density at radius 3 is 2.69 bits per heavy atom. The number of amides is 1. The van der Waals surface area contributed by atoms with Crippen LogP contribution in [0.5, 0.6) is 0 Å². The molecular formula is C18H14ClF3N4O3. The van der Waals surface area contributed by atoms with Gasteiger partial charge in [-0.3, -0.25) is 14.2 Å². The fourth-order valence-electron chi connectivity index (χ4n) is 3.44. The molecule has 152 valence electrons. The Labute approximate surface area is 166 Å². The molecule has 7 nitrogen and oxygen atoms in total. The summed E-state index contributed by atoms with van der Waals surface area (Å²) < 4.78 is 45.4. The lowest BCUT2D eigenvalue weighted by molar-refractivity contribution is -0.183. The van der Waals surface area contributed by atoms with E-state index in [9.17, 15) is 22.8 Å². The van der Waals surface area contributed by atoms with Crippen molar-refractivity contribution in [2.24, 2.45) is 0 Å². The molecule has 1 unspecified atom stereocenters. The first-order valence-electron chi connectivity index (χ1n) is 8.72. The van der Waals surface area contributed by atoms with E-state index in [1.54, 1.807) is 24.3 Å². The van der Waals surface area contributed by atoms with Crippen LogP contribution in [0, 0.1) is 0 Å². The number of carbonyl (C=O) groups excluding carboxylic acids is 1. The second kappa shape index (κ2) is 7.18. The lowest BCUT2D eigenvalue weighted by atomic mass is 10.1. The summed E-state index contributed by atoms with van der Waals surface area (Å²) in [4.78, 5) is 30.1. The molecule has 1 saturated heterocycles. The molecule has 1 aliphatic heterocycles. The zero-order valence-electron chi connectivity index (χ0n) is 14.8. The molecular weight excluding hydrogens is 413 g/mol. The van der Waals surface area contributed by atoms with Gasteiger partial charge in [0, 0.05) is 17.1 Å². The minimum atomic E-state index is -4.50. The third kappa shape index (κ3) is 3.59. The van der Waals surface area contributed by atoms with Crippen molar-refractivity contribution in [3.8, 4) is 11.3 Å². The van der Waals surface area contributed by atoms with Crippen LogP contribution in [0.15, 0.2) is 39.9 Å². The summed E-state index contributed by atoms with van der Waals surface area (Å²) >= 11 is 5.87. The second-order valence-electron chi connectivity index (χ2n) is 6.68. The highest BCUT2D eigenvalue weighted by molar-refractivity contribution is 6.30. The number of alkyl halides is 3. The van der Waals surface area contributed by atoms with E-state index in [0.29, 0.717) is 10.6 Å². The van der Waals surface area contributed by atoms with Crippen LogP contribution in [0.3, 0.4) is 0 Å². The van der Waals surface area contributed by atoms with Crippen LogP contribution < -0.4 is 5.56 Å². The van der Waals surface area contributed by atoms with Gasteiger partial charge in [-0.25, -0.2) is 4.98 Å². The zero-order valence-corrected chi connectivity index (χ0v) is 15.6. The molecule has 0 radical (unpaired) electrons. The Kier molecular flexibility index (Phi) is 4.81. The normalized spacial score (nSPS) is 17.2. The molecule has 1 amide bonds. The van der Waals surface area contributed by atoms with E-state index in [-0.39, 0.29) is 36.2 Å². The summed E-state index contributed by atoms with van der Waals surface area (Å²) in [5, 5.41) is 4.39. The smallest absolute Gasteiger partial charge is 0.335 e. The molecule has 4 rings (SSSR count). The van der Waals surface area contributed by atoms with E-state index >= 15 is 0 Å². The highest BCUT2D eigenvalue weighted by atomic mass is 35.5. The van der Waals surface area contributed by atoms with Crippen molar-refractivity contribution in [1.29, 1.82) is 0 Å². The first kappa shape index (κ1) is 19.4. The average molecular weight is 427 g/mol. The molecule has 1 fully saturated rings. The number of benzene rings is 1. The summed E-state index contributed by atoms with van der Waals surface area (Å²) in [6.45, 7) is -0.559. The summed E-state index contributed by atoms with van der Waals surface area (Å²) in [7, 11) is 0. The van der Waals surface area contributed by atoms with Gasteiger partial charge >= 0.3 is 6.18 Å². The van der Waals surface area contributed by atoms with Gasteiger partial charge in [-0.05, 0) is 25.0 Å². The topological polar surface area (TPSA) is 81.2 Å². The number of carbonyl (C=O) groups is 1. The van der Waals surface area contributed by atoms with Gasteiger partial charge in [0.1, 0.15) is 30.0 Å². The van der Waals surface area contributed by atoms with E-state index in [1.165, 1.54) is 0 Å². The molecule has 1 aromatic carbocycles. The molecule has 11 heteroatoms. The number of rotatable bonds is 3. The van der Waals surface area contributed by atoms with Gasteiger partial charge in [0.2, 0.25) is 5.91 Å². The van der Waals surface area contributed by atoms with Gasteiger partial charge in [0.15, 0.2) is 0 Å². The highest BCUT2D eigenvalue weighted by Crippen LogP contribution is 2.32. The number of halogens is 4. The number of hydrogen-bond acceptors (Lipinski definition) is 5. The van der Waals surface area contributed by atoms with Crippen molar-refractivity contribution < 1.29 is 22.5 Å². The molecule has 0 spiro atoms. The third-order valence-corrected chi connectivity index (χ3v) is 5.09. The van der Waals surface area contributed by atoms with Crippen molar-refractivity contribution >= 4 is 28.6 Å². The largest absolute Gasteiger partial charge is 0.408 e. The summed E-state index contributed by atoms with van der Waals surface area (Å²) in [5.74, 6) is -0.794. The van der Waals surface area contributed by atoms with E-state index in [0.717, 1.165) is 15.8 Å². The minimum Gasteiger partial charge on any atom is -0.335 e. The van der Waals surface area contributed by atoms with E-state index < -0.39 is 30.2 Å². The summed E-state index contributed by atoms with van der Waals surface area (Å²) in [5.41, 5.74) is 0.105. The van der Waals surface area contributed by atoms with Crippen LogP contribution in [0.2, 0.25) is 5.02 Å². The standard InChI is InChI=1S/C18H14ClF3N4O3/c19-11-5-3-10(4-6-11)15-14-16(29-24-15)23-9-25(17(14)28)8-13(27)26-7-1-2-12(26)18(20,21)22/h3-6,9,12H,1-2,7-8H2. The molecule has 0 N–H and O–H groups in total. The SMILES string of the molecule is O=C(Cn1cnc2onc(-c3ccc(Cl)cc3)c2c1=O)N1CCCC1C(F)(F)F. The predicted molar refractivity (Wildman–Crippen MR) is 97.3 cm³/mol. The Morgan fingerprint density at radius 1 is 1.28 bits per heavy atom. The van der Waals surface area contributed by atoms with Crippen molar-refractivity contribution in [1.82, 2.24) is 19.6 Å². The van der Waals surface area contributed by atoms with Crippen molar-refractivity contribution in [2.75, 3.05) is 6.54 Å². The number of hydrogen-bond donors (Lipinski definition) is 0. The minimum absolute atomic E-state index is 0.00325. The fraction of sp³-hybridized carbons (Fsp3) is 0.333. The molecule has 1 atom stereocenters. The van der Waals surface area contributed by atoms with Gasteiger partial charge in [0.05, 0.1) is 0 Å². The average Bonchev–Trinajstić information content (AvgIpc) is 3.32. The van der Waals surface area contributed by atoms with Gasteiger partial charge in [0.25, 0.3) is 11.3 Å². The van der Waals surface area contributed by atoms with Crippen molar-refractivity contribution in [3.63, 3.8) is 0 Å². The van der Waals surface area contributed by atoms with E-state index in [4.69, 9.17) is 16.1 Å². The van der Waals surface area contributed by atoms with Crippen LogP contribution >= 0.6 is 11.6 Å². The van der Waals surface area contributed by atoms with Crippen LogP contribution in [-0.2, 0) is 11.3 Å². The van der Waals surface area contributed by atoms with E-state index in [2.05, 4.69) is 10.1 Å². The first-order chi connectivity index (χ1) is 13.8. The second-order valence-corrected chi connectivity index (χ2v) is 7.12. The fourth-order valence-corrected chi connectivity index (χ4v) is 3.57. The lowest BCUT2D eigenvalue weighted by Gasteiger charge is -2.26. The van der Waals surface area contributed by atoms with E-state index in [1.807, 2.05) is 0 Å². The Morgan fingerprint density at radius 2 is 2.00 bits per heavy atom. The molecule has 0 saturated carbocycles. The lowest BCUT2D eigenvalue weighted by Crippen LogP contribution is -2.46. The Bertz CT molecular complexity index is 1120. The van der Waals surface area contributed by atoms with Gasteiger partial charge in [-0.2, -0.15) is 13.2 Å². The van der Waals surface area contributed by atoms with Gasteiger partial charge < -0.3 is 9.42 Å². The summed E-state index contributed by atoms with van der Waals surface area (Å²) in [6, 6.07) is 4.67. The van der Waals surface area contributed by atoms with Gasteiger partial charge in [-0.15, -0.1) is 0 Å². The van der Waals surface area contributed by atoms with Crippen LogP contribution in [0.4, 0.5) is 13.2 Å². The summed E-state index contributed by atoms with van der Waals surface area (Å²) in [6.07, 6.45) is -3.32. The van der Waals surface area contributed by atoms with Crippen molar-refractivity contribution in [2.45, 2.75) is 31.6 Å². The first-order valence-corrected chi connectivity index (χ1v) is 9.10. The highest BCUT2D eigenvalue weighted by Gasteiger charge is 2.47. The quantitative estimate of drug-likeness (QED) is 0.642. The molecule has 3 aromatic rings. The Hall–Kier alpha value is -2.88. The van der Waals surface area contributed by atoms with Crippen molar-refractivity contribution in [3.05, 3.63) is 46.0 Å². The maximum atomic E-state index is 13.1. The molecule has 3 heterocycles. The monoisotopic (exact) mass is 426 g/mol. The molecule has 0 aliphatic carbocycles. The molecule has 2 aromatic heterocycles. The van der Waals surface area contributed by atoms with Gasteiger partial charge in [-0.1, -0.05) is 28.9 Å². The maximum absolute atomic E-state index is 13.1. The predicted octanol–water partition coefficient (Wildman–Crippen LogP) is 3.26. The molecule has 0 bridgehead atoms. The van der Waals surface area contributed by atoms with Crippen LogP contribution in [0.1, 0.15) is 12.8 Å². The Balaban J connectivity index is 1.68. The number of likely N-dealkylation sites (tertiary alicyclic amines) is 1.